The standard InChI is InChI=1S/C24H25NO2/c1-4-12-24(13-11-22(26)27-3)19-14-16(2)9-10-18(19)23-20(24)15-17-7-5-6-8-21(17)25-23/h5-10,14-15H,4,11-13H2,1-3H3. The lowest BCUT2D eigenvalue weighted by atomic mass is 9.71. The van der Waals surface area contributed by atoms with Gasteiger partial charge in [0, 0.05) is 22.8 Å². The van der Waals surface area contributed by atoms with Gasteiger partial charge in [0.05, 0.1) is 18.3 Å². The fourth-order valence-electron chi connectivity index (χ4n) is 4.60. The quantitative estimate of drug-likeness (QED) is 0.560. The van der Waals surface area contributed by atoms with Crippen molar-refractivity contribution in [2.75, 3.05) is 7.11 Å². The van der Waals surface area contributed by atoms with Crippen LogP contribution in [-0.4, -0.2) is 18.1 Å². The highest BCUT2D eigenvalue weighted by molar-refractivity contribution is 5.88. The lowest BCUT2D eigenvalue weighted by Gasteiger charge is -2.32. The summed E-state index contributed by atoms with van der Waals surface area (Å²) in [4.78, 5) is 17.0. The second-order valence-corrected chi connectivity index (χ2v) is 7.53. The normalized spacial score (nSPS) is 17.6. The minimum atomic E-state index is -0.184. The molecule has 1 atom stereocenters. The van der Waals surface area contributed by atoms with Crippen molar-refractivity contribution in [1.29, 1.82) is 0 Å². The first-order valence-corrected chi connectivity index (χ1v) is 9.67. The first kappa shape index (κ1) is 17.7. The Morgan fingerprint density at radius 2 is 1.89 bits per heavy atom. The molecular formula is C24H25NO2. The van der Waals surface area contributed by atoms with Gasteiger partial charge in [0.15, 0.2) is 0 Å². The third-order valence-electron chi connectivity index (χ3n) is 5.85. The van der Waals surface area contributed by atoms with E-state index >= 15 is 0 Å². The van der Waals surface area contributed by atoms with E-state index in [0.717, 1.165) is 35.9 Å². The molecule has 27 heavy (non-hydrogen) atoms. The second-order valence-electron chi connectivity index (χ2n) is 7.53. The SMILES string of the molecule is CCCC1(CCC(=O)OC)c2cc(C)ccc2-c2nc3ccccc3cc21. The van der Waals surface area contributed by atoms with Crippen LogP contribution in [0.1, 0.15) is 49.3 Å². The maximum atomic E-state index is 12.0. The number of methoxy groups -OCH3 is 1. The molecule has 1 aliphatic rings. The van der Waals surface area contributed by atoms with Crippen molar-refractivity contribution in [3.63, 3.8) is 0 Å². The fraction of sp³-hybridized carbons (Fsp3) is 0.333. The van der Waals surface area contributed by atoms with Crippen molar-refractivity contribution >= 4 is 16.9 Å². The van der Waals surface area contributed by atoms with Gasteiger partial charge in [-0.15, -0.1) is 0 Å². The molecule has 0 spiro atoms. The third-order valence-corrected chi connectivity index (χ3v) is 5.85. The van der Waals surface area contributed by atoms with E-state index in [1.165, 1.54) is 29.4 Å². The number of hydrogen-bond donors (Lipinski definition) is 0. The fourth-order valence-corrected chi connectivity index (χ4v) is 4.60. The molecule has 1 heterocycles. The van der Waals surface area contributed by atoms with Gasteiger partial charge in [0.25, 0.3) is 0 Å². The predicted octanol–water partition coefficient (Wildman–Crippen LogP) is 5.56. The number of para-hydroxylation sites is 1. The third kappa shape index (κ3) is 2.82. The average Bonchev–Trinajstić information content (AvgIpc) is 2.93. The number of esters is 1. The number of aromatic nitrogens is 1. The summed E-state index contributed by atoms with van der Waals surface area (Å²) in [7, 11) is 1.46. The summed E-state index contributed by atoms with van der Waals surface area (Å²) >= 11 is 0. The smallest absolute Gasteiger partial charge is 0.305 e. The van der Waals surface area contributed by atoms with Gasteiger partial charge < -0.3 is 4.74 Å². The molecular weight excluding hydrogens is 334 g/mol. The highest BCUT2D eigenvalue weighted by atomic mass is 16.5. The molecule has 0 amide bonds. The number of carbonyl (C=O) groups is 1. The Kier molecular flexibility index (Phi) is 4.47. The number of aryl methyl sites for hydroxylation is 1. The van der Waals surface area contributed by atoms with Crippen LogP contribution < -0.4 is 0 Å². The molecule has 1 aromatic heterocycles. The van der Waals surface area contributed by atoms with Crippen molar-refractivity contribution < 1.29 is 9.53 Å². The van der Waals surface area contributed by atoms with E-state index in [1.54, 1.807) is 0 Å². The summed E-state index contributed by atoms with van der Waals surface area (Å²) in [5.74, 6) is -0.151. The van der Waals surface area contributed by atoms with Gasteiger partial charge in [-0.25, -0.2) is 4.98 Å². The molecule has 1 unspecified atom stereocenters. The van der Waals surface area contributed by atoms with E-state index < -0.39 is 0 Å². The maximum Gasteiger partial charge on any atom is 0.305 e. The largest absolute Gasteiger partial charge is 0.469 e. The number of nitrogens with zero attached hydrogens (tertiary/aromatic N) is 1. The van der Waals surface area contributed by atoms with Gasteiger partial charge in [0.1, 0.15) is 0 Å². The molecule has 3 heteroatoms. The van der Waals surface area contributed by atoms with Crippen LogP contribution >= 0.6 is 0 Å². The zero-order chi connectivity index (χ0) is 19.0. The van der Waals surface area contributed by atoms with E-state index in [4.69, 9.17) is 9.72 Å². The number of benzene rings is 2. The zero-order valence-corrected chi connectivity index (χ0v) is 16.2. The lowest BCUT2D eigenvalue weighted by molar-refractivity contribution is -0.141. The Hall–Kier alpha value is -2.68. The molecule has 138 valence electrons. The average molecular weight is 359 g/mol. The van der Waals surface area contributed by atoms with Gasteiger partial charge in [-0.3, -0.25) is 4.79 Å². The van der Waals surface area contributed by atoms with Crippen LogP contribution in [0.2, 0.25) is 0 Å². The number of carbonyl (C=O) groups excluding carboxylic acids is 1. The molecule has 2 aromatic carbocycles. The Balaban J connectivity index is 1.98. The molecule has 0 bridgehead atoms. The van der Waals surface area contributed by atoms with E-state index in [1.807, 2.05) is 6.07 Å². The van der Waals surface area contributed by atoms with Gasteiger partial charge in [-0.2, -0.15) is 0 Å². The first-order valence-electron chi connectivity index (χ1n) is 9.67. The molecule has 0 aliphatic heterocycles. The molecule has 3 aromatic rings. The van der Waals surface area contributed by atoms with E-state index in [0.29, 0.717) is 6.42 Å². The molecule has 1 aliphatic carbocycles. The van der Waals surface area contributed by atoms with Crippen LogP contribution in [0.25, 0.3) is 22.2 Å². The lowest BCUT2D eigenvalue weighted by Crippen LogP contribution is -2.26. The minimum Gasteiger partial charge on any atom is -0.469 e. The summed E-state index contributed by atoms with van der Waals surface area (Å²) in [5.41, 5.74) is 6.92. The van der Waals surface area contributed by atoms with Gasteiger partial charge in [-0.05, 0) is 43.0 Å². The van der Waals surface area contributed by atoms with Crippen LogP contribution in [0.4, 0.5) is 0 Å². The predicted molar refractivity (Wildman–Crippen MR) is 109 cm³/mol. The molecule has 0 saturated heterocycles. The highest BCUT2D eigenvalue weighted by Gasteiger charge is 2.43. The number of fused-ring (bicyclic) bond motifs is 4. The summed E-state index contributed by atoms with van der Waals surface area (Å²) in [5, 5.41) is 1.15. The van der Waals surface area contributed by atoms with E-state index in [-0.39, 0.29) is 11.4 Å². The summed E-state index contributed by atoms with van der Waals surface area (Å²) < 4.78 is 4.95. The topological polar surface area (TPSA) is 39.2 Å². The first-order chi connectivity index (χ1) is 13.1. The van der Waals surface area contributed by atoms with Gasteiger partial charge in [-0.1, -0.05) is 55.3 Å². The number of ether oxygens (including phenoxy) is 1. The van der Waals surface area contributed by atoms with Gasteiger partial charge >= 0.3 is 5.97 Å². The van der Waals surface area contributed by atoms with Crippen LogP contribution in [-0.2, 0) is 14.9 Å². The molecule has 0 fully saturated rings. The molecule has 0 radical (unpaired) electrons. The van der Waals surface area contributed by atoms with Crippen molar-refractivity contribution in [1.82, 2.24) is 4.98 Å². The van der Waals surface area contributed by atoms with Crippen LogP contribution in [0.15, 0.2) is 48.5 Å². The maximum absolute atomic E-state index is 12.0. The number of pyridine rings is 1. The second kappa shape index (κ2) is 6.80. The number of rotatable bonds is 5. The van der Waals surface area contributed by atoms with E-state index in [9.17, 15) is 4.79 Å². The Morgan fingerprint density at radius 1 is 1.07 bits per heavy atom. The Labute approximate surface area is 160 Å². The van der Waals surface area contributed by atoms with Crippen molar-refractivity contribution in [2.45, 2.75) is 44.9 Å². The van der Waals surface area contributed by atoms with Crippen molar-refractivity contribution in [3.05, 3.63) is 65.2 Å². The van der Waals surface area contributed by atoms with Gasteiger partial charge in [0.2, 0.25) is 0 Å². The Morgan fingerprint density at radius 3 is 2.67 bits per heavy atom. The number of hydrogen-bond acceptors (Lipinski definition) is 3. The molecule has 3 nitrogen and oxygen atoms in total. The van der Waals surface area contributed by atoms with Crippen LogP contribution in [0, 0.1) is 6.92 Å². The van der Waals surface area contributed by atoms with Crippen LogP contribution in [0.5, 0.6) is 0 Å². The van der Waals surface area contributed by atoms with Crippen molar-refractivity contribution in [2.24, 2.45) is 0 Å². The molecule has 0 N–H and O–H groups in total. The molecule has 0 saturated carbocycles. The molecule has 4 rings (SSSR count). The zero-order valence-electron chi connectivity index (χ0n) is 16.2. The Bertz CT molecular complexity index is 1020. The monoisotopic (exact) mass is 359 g/mol. The highest BCUT2D eigenvalue weighted by Crippen LogP contribution is 2.53. The van der Waals surface area contributed by atoms with E-state index in [2.05, 4.69) is 56.3 Å². The minimum absolute atomic E-state index is 0.151. The van der Waals surface area contributed by atoms with Crippen LogP contribution in [0.3, 0.4) is 0 Å². The van der Waals surface area contributed by atoms with Crippen molar-refractivity contribution in [3.8, 4) is 11.3 Å². The summed E-state index contributed by atoms with van der Waals surface area (Å²) in [6.45, 7) is 4.34. The summed E-state index contributed by atoms with van der Waals surface area (Å²) in [6, 6.07) is 17.2. The summed E-state index contributed by atoms with van der Waals surface area (Å²) in [6.07, 6.45) is 3.20.